The lowest BCUT2D eigenvalue weighted by Crippen LogP contribution is -2.15. The molecule has 0 aliphatic carbocycles. The van der Waals surface area contributed by atoms with E-state index in [4.69, 9.17) is 16.3 Å². The minimum atomic E-state index is -0.00694. The Hall–Kier alpha value is -1.43. The van der Waals surface area contributed by atoms with E-state index < -0.39 is 0 Å². The fourth-order valence-corrected chi connectivity index (χ4v) is 3.29. The largest absolute Gasteiger partial charge is 0.378 e. The minimum absolute atomic E-state index is 0.00694. The van der Waals surface area contributed by atoms with Crippen molar-refractivity contribution < 1.29 is 9.53 Å². The summed E-state index contributed by atoms with van der Waals surface area (Å²) in [6.07, 6.45) is 3.66. The molecule has 0 saturated carbocycles. The quantitative estimate of drug-likeness (QED) is 0.882. The van der Waals surface area contributed by atoms with Gasteiger partial charge in [0.05, 0.1) is 11.8 Å². The van der Waals surface area contributed by atoms with Crippen LogP contribution in [0.25, 0.3) is 11.3 Å². The van der Waals surface area contributed by atoms with Crippen LogP contribution in [0.1, 0.15) is 25.7 Å². The molecule has 6 heteroatoms. The zero-order chi connectivity index (χ0) is 15.4. The van der Waals surface area contributed by atoms with Crippen LogP contribution >= 0.6 is 22.9 Å². The molecule has 1 N–H and O–H groups in total. The van der Waals surface area contributed by atoms with E-state index in [-0.39, 0.29) is 12.0 Å². The topological polar surface area (TPSA) is 51.2 Å². The first-order valence-electron chi connectivity index (χ1n) is 7.33. The van der Waals surface area contributed by atoms with E-state index in [9.17, 15) is 4.79 Å². The molecule has 1 unspecified atom stereocenters. The Balaban J connectivity index is 1.54. The lowest BCUT2D eigenvalue weighted by atomic mass is 10.1. The fraction of sp³-hybridized carbons (Fsp3) is 0.375. The number of thiazole rings is 1. The molecule has 1 amide bonds. The molecule has 0 radical (unpaired) electrons. The van der Waals surface area contributed by atoms with Crippen molar-refractivity contribution in [3.05, 3.63) is 34.7 Å². The van der Waals surface area contributed by atoms with Crippen molar-refractivity contribution in [2.75, 3.05) is 11.9 Å². The molecule has 2 heterocycles. The van der Waals surface area contributed by atoms with Gasteiger partial charge >= 0.3 is 0 Å². The maximum Gasteiger partial charge on any atom is 0.226 e. The van der Waals surface area contributed by atoms with Crippen LogP contribution in [0.3, 0.4) is 0 Å². The summed E-state index contributed by atoms with van der Waals surface area (Å²) in [6, 6.07) is 7.49. The van der Waals surface area contributed by atoms with Crippen LogP contribution in [-0.4, -0.2) is 23.6 Å². The monoisotopic (exact) mass is 336 g/mol. The molecule has 1 fully saturated rings. The van der Waals surface area contributed by atoms with Gasteiger partial charge in [-0.05, 0) is 31.4 Å². The fourth-order valence-electron chi connectivity index (χ4n) is 2.43. The van der Waals surface area contributed by atoms with Gasteiger partial charge in [-0.2, -0.15) is 0 Å². The van der Waals surface area contributed by atoms with E-state index in [1.807, 2.05) is 29.6 Å². The van der Waals surface area contributed by atoms with E-state index in [1.165, 1.54) is 11.3 Å². The predicted octanol–water partition coefficient (Wildman–Crippen LogP) is 4.36. The number of anilines is 1. The molecule has 0 spiro atoms. The summed E-state index contributed by atoms with van der Waals surface area (Å²) >= 11 is 7.30. The molecule has 4 nitrogen and oxygen atoms in total. The molecule has 22 heavy (non-hydrogen) atoms. The summed E-state index contributed by atoms with van der Waals surface area (Å²) < 4.78 is 5.52. The normalized spacial score (nSPS) is 17.6. The Labute approximate surface area is 138 Å². The summed E-state index contributed by atoms with van der Waals surface area (Å²) in [5.41, 5.74) is 1.83. The van der Waals surface area contributed by atoms with Gasteiger partial charge < -0.3 is 10.1 Å². The number of aromatic nitrogens is 1. The second-order valence-electron chi connectivity index (χ2n) is 5.27. The molecular formula is C16H17ClN2O2S. The molecule has 0 bridgehead atoms. The van der Waals surface area contributed by atoms with E-state index >= 15 is 0 Å². The number of benzene rings is 1. The second-order valence-corrected chi connectivity index (χ2v) is 6.56. The summed E-state index contributed by atoms with van der Waals surface area (Å²) in [7, 11) is 0. The molecule has 2 aromatic rings. The van der Waals surface area contributed by atoms with Gasteiger partial charge in [0.2, 0.25) is 5.91 Å². The lowest BCUT2D eigenvalue weighted by molar-refractivity contribution is -0.116. The average molecular weight is 337 g/mol. The van der Waals surface area contributed by atoms with Crippen LogP contribution in [0.2, 0.25) is 5.02 Å². The second kappa shape index (κ2) is 7.22. The van der Waals surface area contributed by atoms with Crippen LogP contribution < -0.4 is 5.32 Å². The third-order valence-corrected chi connectivity index (χ3v) is 4.62. The first-order valence-corrected chi connectivity index (χ1v) is 8.59. The zero-order valence-corrected chi connectivity index (χ0v) is 13.6. The zero-order valence-electron chi connectivity index (χ0n) is 12.0. The molecule has 1 aromatic heterocycles. The van der Waals surface area contributed by atoms with Gasteiger partial charge in [0, 0.05) is 29.0 Å². The highest BCUT2D eigenvalue weighted by Crippen LogP contribution is 2.26. The SMILES string of the molecule is O=C(CCC1CCCO1)Nc1nc(-c2ccc(Cl)cc2)cs1. The highest BCUT2D eigenvalue weighted by atomic mass is 35.5. The van der Waals surface area contributed by atoms with Crippen molar-refractivity contribution in [2.24, 2.45) is 0 Å². The lowest BCUT2D eigenvalue weighted by Gasteiger charge is -2.08. The van der Waals surface area contributed by atoms with Gasteiger partial charge in [-0.25, -0.2) is 4.98 Å². The van der Waals surface area contributed by atoms with Crippen LogP contribution in [0.4, 0.5) is 5.13 Å². The summed E-state index contributed by atoms with van der Waals surface area (Å²) in [5.74, 6) is -0.00694. The molecule has 3 rings (SSSR count). The van der Waals surface area contributed by atoms with Gasteiger partial charge in [-0.1, -0.05) is 23.7 Å². The van der Waals surface area contributed by atoms with Gasteiger partial charge in [-0.3, -0.25) is 4.79 Å². The summed E-state index contributed by atoms with van der Waals surface area (Å²) in [6.45, 7) is 0.823. The number of nitrogens with zero attached hydrogens (tertiary/aromatic N) is 1. The van der Waals surface area contributed by atoms with Gasteiger partial charge in [0.15, 0.2) is 5.13 Å². The Morgan fingerprint density at radius 3 is 2.95 bits per heavy atom. The Bertz CT molecular complexity index is 636. The number of ether oxygens (including phenoxy) is 1. The van der Waals surface area contributed by atoms with Crippen LogP contribution in [-0.2, 0) is 9.53 Å². The summed E-state index contributed by atoms with van der Waals surface area (Å²) in [5, 5.41) is 6.11. The molecule has 1 saturated heterocycles. The number of halogens is 1. The van der Waals surface area contributed by atoms with E-state index in [0.717, 1.165) is 37.1 Å². The Morgan fingerprint density at radius 1 is 1.41 bits per heavy atom. The first-order chi connectivity index (χ1) is 10.7. The van der Waals surface area contributed by atoms with Crippen molar-refractivity contribution in [2.45, 2.75) is 31.8 Å². The number of carbonyl (C=O) groups is 1. The smallest absolute Gasteiger partial charge is 0.226 e. The number of rotatable bonds is 5. The highest BCUT2D eigenvalue weighted by molar-refractivity contribution is 7.14. The highest BCUT2D eigenvalue weighted by Gasteiger charge is 2.17. The number of hydrogen-bond acceptors (Lipinski definition) is 4. The van der Waals surface area contributed by atoms with Crippen LogP contribution in [0, 0.1) is 0 Å². The van der Waals surface area contributed by atoms with Crippen LogP contribution in [0.15, 0.2) is 29.6 Å². The van der Waals surface area contributed by atoms with E-state index in [1.54, 1.807) is 0 Å². The number of carbonyl (C=O) groups excluding carboxylic acids is 1. The number of amides is 1. The van der Waals surface area contributed by atoms with Crippen molar-refractivity contribution in [3.8, 4) is 11.3 Å². The van der Waals surface area contributed by atoms with Gasteiger partial charge in [0.25, 0.3) is 0 Å². The molecule has 116 valence electrons. The minimum Gasteiger partial charge on any atom is -0.378 e. The van der Waals surface area contributed by atoms with E-state index in [2.05, 4.69) is 10.3 Å². The Morgan fingerprint density at radius 2 is 2.23 bits per heavy atom. The number of hydrogen-bond donors (Lipinski definition) is 1. The molecule has 1 aliphatic heterocycles. The standard InChI is InChI=1S/C16H17ClN2O2S/c17-12-5-3-11(4-6-12)14-10-22-16(18-14)19-15(20)8-7-13-2-1-9-21-13/h3-6,10,13H,1-2,7-9H2,(H,18,19,20). The maximum absolute atomic E-state index is 11.9. The van der Waals surface area contributed by atoms with Gasteiger partial charge in [0.1, 0.15) is 0 Å². The van der Waals surface area contributed by atoms with Crippen molar-refractivity contribution in [1.82, 2.24) is 4.98 Å². The third kappa shape index (κ3) is 4.06. The first kappa shape index (κ1) is 15.5. The number of nitrogens with one attached hydrogen (secondary N) is 1. The molecule has 1 atom stereocenters. The maximum atomic E-state index is 11.9. The molecule has 1 aliphatic rings. The van der Waals surface area contributed by atoms with Crippen molar-refractivity contribution in [1.29, 1.82) is 0 Å². The molecule has 1 aromatic carbocycles. The predicted molar refractivity (Wildman–Crippen MR) is 89.4 cm³/mol. The van der Waals surface area contributed by atoms with Crippen LogP contribution in [0.5, 0.6) is 0 Å². The van der Waals surface area contributed by atoms with E-state index in [0.29, 0.717) is 16.6 Å². The van der Waals surface area contributed by atoms with Crippen molar-refractivity contribution in [3.63, 3.8) is 0 Å². The van der Waals surface area contributed by atoms with Crippen molar-refractivity contribution >= 4 is 34.0 Å². The molecular weight excluding hydrogens is 320 g/mol. The third-order valence-electron chi connectivity index (χ3n) is 3.61. The summed E-state index contributed by atoms with van der Waals surface area (Å²) in [4.78, 5) is 16.4. The van der Waals surface area contributed by atoms with Gasteiger partial charge in [-0.15, -0.1) is 11.3 Å². The average Bonchev–Trinajstić information content (AvgIpc) is 3.17. The Kier molecular flexibility index (Phi) is 5.08.